The van der Waals surface area contributed by atoms with Crippen LogP contribution in [-0.4, -0.2) is 46.8 Å². The quantitative estimate of drug-likeness (QED) is 0.723. The Bertz CT molecular complexity index is 977. The molecule has 4 heterocycles. The second-order valence-electron chi connectivity index (χ2n) is 6.00. The molecule has 3 aromatic heterocycles. The summed E-state index contributed by atoms with van der Waals surface area (Å²) in [4.78, 5) is 17.1. The van der Waals surface area contributed by atoms with Crippen molar-refractivity contribution in [1.29, 1.82) is 0 Å². The molecule has 0 saturated carbocycles. The van der Waals surface area contributed by atoms with Crippen molar-refractivity contribution in [2.75, 3.05) is 26.3 Å². The zero-order valence-corrected chi connectivity index (χ0v) is 14.9. The molecule has 0 bridgehead atoms. The topological polar surface area (TPSA) is 71.3 Å². The third-order valence-corrected chi connectivity index (χ3v) is 5.23. The van der Waals surface area contributed by atoms with Crippen molar-refractivity contribution in [3.63, 3.8) is 0 Å². The Kier molecular flexibility index (Phi) is 4.77. The molecule has 1 amide bonds. The standard InChI is InChI=1S/C18H18FN5OS/c19-3-6-21-18(25)16-7-13(11-26-16)15-9-23-24-10-14(8-22-17(15)24)12-1-4-20-5-2-12/h1,7-11,20H,2-6H2,(H,21,25). The Morgan fingerprint density at radius 3 is 3.12 bits per heavy atom. The van der Waals surface area contributed by atoms with E-state index in [-0.39, 0.29) is 12.5 Å². The number of carbonyl (C=O) groups is 1. The minimum absolute atomic E-state index is 0.0263. The highest BCUT2D eigenvalue weighted by Crippen LogP contribution is 2.29. The van der Waals surface area contributed by atoms with Crippen LogP contribution < -0.4 is 10.6 Å². The van der Waals surface area contributed by atoms with Crippen LogP contribution in [0, 0.1) is 0 Å². The van der Waals surface area contributed by atoms with Gasteiger partial charge in [-0.05, 0) is 35.5 Å². The lowest BCUT2D eigenvalue weighted by Gasteiger charge is -2.13. The van der Waals surface area contributed by atoms with Crippen molar-refractivity contribution in [3.8, 4) is 11.1 Å². The summed E-state index contributed by atoms with van der Waals surface area (Å²) in [5.74, 6) is -0.261. The second-order valence-corrected chi connectivity index (χ2v) is 6.91. The number of halogens is 1. The van der Waals surface area contributed by atoms with Gasteiger partial charge >= 0.3 is 0 Å². The van der Waals surface area contributed by atoms with Crippen LogP contribution in [0.5, 0.6) is 0 Å². The van der Waals surface area contributed by atoms with Crippen molar-refractivity contribution in [2.45, 2.75) is 6.42 Å². The van der Waals surface area contributed by atoms with E-state index in [9.17, 15) is 9.18 Å². The average molecular weight is 371 g/mol. The van der Waals surface area contributed by atoms with Gasteiger partial charge in [0.05, 0.1) is 11.1 Å². The lowest BCUT2D eigenvalue weighted by atomic mass is 10.0. The van der Waals surface area contributed by atoms with Gasteiger partial charge < -0.3 is 10.6 Å². The summed E-state index contributed by atoms with van der Waals surface area (Å²) in [6, 6.07) is 1.79. The number of fused-ring (bicyclic) bond motifs is 1. The number of amides is 1. The summed E-state index contributed by atoms with van der Waals surface area (Å²) in [6.45, 7) is 1.30. The first-order valence-electron chi connectivity index (χ1n) is 8.43. The Balaban J connectivity index is 1.62. The Hall–Kier alpha value is -2.58. The molecule has 0 spiro atoms. The van der Waals surface area contributed by atoms with E-state index in [0.717, 1.165) is 41.8 Å². The fraction of sp³-hybridized carbons (Fsp3) is 0.278. The van der Waals surface area contributed by atoms with Crippen LogP contribution in [0.1, 0.15) is 21.7 Å². The van der Waals surface area contributed by atoms with Gasteiger partial charge in [-0.15, -0.1) is 11.3 Å². The zero-order chi connectivity index (χ0) is 17.9. The zero-order valence-electron chi connectivity index (χ0n) is 14.0. The molecule has 3 aromatic rings. The fourth-order valence-corrected chi connectivity index (χ4v) is 3.80. The van der Waals surface area contributed by atoms with Crippen LogP contribution in [0.3, 0.4) is 0 Å². The van der Waals surface area contributed by atoms with Crippen LogP contribution in [0.15, 0.2) is 36.1 Å². The first-order chi connectivity index (χ1) is 12.8. The number of nitrogens with zero attached hydrogens (tertiary/aromatic N) is 3. The molecule has 0 aliphatic carbocycles. The van der Waals surface area contributed by atoms with Gasteiger partial charge in [0.15, 0.2) is 5.65 Å². The van der Waals surface area contributed by atoms with Gasteiger partial charge in [0.25, 0.3) is 5.91 Å². The van der Waals surface area contributed by atoms with Crippen molar-refractivity contribution < 1.29 is 9.18 Å². The van der Waals surface area contributed by atoms with Crippen LogP contribution >= 0.6 is 11.3 Å². The van der Waals surface area contributed by atoms with Gasteiger partial charge in [0.1, 0.15) is 6.67 Å². The van der Waals surface area contributed by atoms with E-state index in [4.69, 9.17) is 0 Å². The number of thiophene rings is 1. The summed E-state index contributed by atoms with van der Waals surface area (Å²) >= 11 is 1.33. The molecule has 0 saturated heterocycles. The maximum absolute atomic E-state index is 12.2. The van der Waals surface area contributed by atoms with Gasteiger partial charge in [-0.2, -0.15) is 5.10 Å². The highest BCUT2D eigenvalue weighted by molar-refractivity contribution is 7.12. The van der Waals surface area contributed by atoms with Gasteiger partial charge in [-0.1, -0.05) is 6.08 Å². The molecule has 0 fully saturated rings. The first-order valence-corrected chi connectivity index (χ1v) is 9.31. The summed E-state index contributed by atoms with van der Waals surface area (Å²) in [6.07, 6.45) is 8.78. The number of nitrogens with one attached hydrogen (secondary N) is 2. The molecule has 8 heteroatoms. The molecule has 134 valence electrons. The molecular weight excluding hydrogens is 353 g/mol. The van der Waals surface area contributed by atoms with Gasteiger partial charge in [0, 0.05) is 36.6 Å². The third-order valence-electron chi connectivity index (χ3n) is 4.31. The second kappa shape index (κ2) is 7.35. The normalized spacial score (nSPS) is 14.4. The molecule has 4 rings (SSSR count). The SMILES string of the molecule is O=C(NCCF)c1cc(-c2cnn3cc(C4=CCNCC4)cnc23)cs1. The fourth-order valence-electron chi connectivity index (χ4n) is 2.97. The van der Waals surface area contributed by atoms with Gasteiger partial charge in [-0.25, -0.2) is 13.9 Å². The Morgan fingerprint density at radius 2 is 2.31 bits per heavy atom. The van der Waals surface area contributed by atoms with Crippen LogP contribution in [0.4, 0.5) is 4.39 Å². The Morgan fingerprint density at radius 1 is 1.38 bits per heavy atom. The molecule has 2 N–H and O–H groups in total. The van der Waals surface area contributed by atoms with Crippen LogP contribution in [0.25, 0.3) is 22.3 Å². The molecule has 0 atom stereocenters. The number of alkyl halides is 1. The minimum atomic E-state index is -0.573. The summed E-state index contributed by atoms with van der Waals surface area (Å²) in [7, 11) is 0. The molecule has 0 unspecified atom stereocenters. The van der Waals surface area contributed by atoms with E-state index in [0.29, 0.717) is 4.88 Å². The molecular formula is C18H18FN5OS. The average Bonchev–Trinajstić information content (AvgIpc) is 3.33. The number of hydrogen-bond acceptors (Lipinski definition) is 5. The van der Waals surface area contributed by atoms with E-state index in [2.05, 4.69) is 26.8 Å². The van der Waals surface area contributed by atoms with Crippen molar-refractivity contribution in [1.82, 2.24) is 25.2 Å². The van der Waals surface area contributed by atoms with Gasteiger partial charge in [-0.3, -0.25) is 4.79 Å². The van der Waals surface area contributed by atoms with Crippen LogP contribution in [-0.2, 0) is 0 Å². The molecule has 1 aliphatic heterocycles. The molecule has 0 radical (unpaired) electrons. The summed E-state index contributed by atoms with van der Waals surface area (Å²) in [5.41, 5.74) is 4.85. The molecule has 26 heavy (non-hydrogen) atoms. The van der Waals surface area contributed by atoms with Crippen molar-refractivity contribution in [2.24, 2.45) is 0 Å². The van der Waals surface area contributed by atoms with Crippen molar-refractivity contribution in [3.05, 3.63) is 46.6 Å². The van der Waals surface area contributed by atoms with E-state index in [1.54, 1.807) is 16.8 Å². The number of aromatic nitrogens is 3. The predicted octanol–water partition coefficient (Wildman–Crippen LogP) is 2.53. The number of carbonyl (C=O) groups excluding carboxylic acids is 1. The lowest BCUT2D eigenvalue weighted by Crippen LogP contribution is -2.24. The lowest BCUT2D eigenvalue weighted by molar-refractivity contribution is 0.0955. The predicted molar refractivity (Wildman–Crippen MR) is 100 cm³/mol. The Labute approximate surface area is 153 Å². The van der Waals surface area contributed by atoms with Crippen molar-refractivity contribution >= 4 is 28.5 Å². The molecule has 1 aliphatic rings. The maximum atomic E-state index is 12.2. The van der Waals surface area contributed by atoms with Crippen LogP contribution in [0.2, 0.25) is 0 Å². The first kappa shape index (κ1) is 16.9. The third kappa shape index (κ3) is 3.25. The monoisotopic (exact) mass is 371 g/mol. The van der Waals surface area contributed by atoms with E-state index in [1.165, 1.54) is 16.9 Å². The highest BCUT2D eigenvalue weighted by atomic mass is 32.1. The molecule has 0 aromatic carbocycles. The summed E-state index contributed by atoms with van der Waals surface area (Å²) in [5, 5.41) is 12.2. The highest BCUT2D eigenvalue weighted by Gasteiger charge is 2.15. The smallest absolute Gasteiger partial charge is 0.261 e. The van der Waals surface area contributed by atoms with E-state index in [1.807, 2.05) is 17.8 Å². The molecule has 6 nitrogen and oxygen atoms in total. The largest absolute Gasteiger partial charge is 0.349 e. The number of hydrogen-bond donors (Lipinski definition) is 2. The van der Waals surface area contributed by atoms with E-state index < -0.39 is 6.67 Å². The number of rotatable bonds is 5. The van der Waals surface area contributed by atoms with E-state index >= 15 is 0 Å². The summed E-state index contributed by atoms with van der Waals surface area (Å²) < 4.78 is 14.0. The van der Waals surface area contributed by atoms with Gasteiger partial charge in [0.2, 0.25) is 0 Å². The minimum Gasteiger partial charge on any atom is -0.349 e. The maximum Gasteiger partial charge on any atom is 0.261 e.